The molecule has 0 spiro atoms. The molecule has 0 saturated carbocycles. The van der Waals surface area contributed by atoms with Gasteiger partial charge in [-0.25, -0.2) is 29.9 Å². The van der Waals surface area contributed by atoms with Crippen LogP contribution in [0.1, 0.15) is 0 Å². The SMILES string of the molecule is c1ccc(-c2cc(-c3ccc(-c4nc(-c5ccccc5)cc(-c5ccccc5)n4)cn3)nc(-c3ncccc3-c3nc(-c4ccccc4)nc(-c4ccccc4)n3)c2)cc1. The van der Waals surface area contributed by atoms with E-state index < -0.39 is 0 Å². The fourth-order valence-corrected chi connectivity index (χ4v) is 7.07. The van der Waals surface area contributed by atoms with E-state index in [2.05, 4.69) is 48.5 Å². The highest BCUT2D eigenvalue weighted by molar-refractivity contribution is 5.82. The highest BCUT2D eigenvalue weighted by atomic mass is 15.0. The van der Waals surface area contributed by atoms with Crippen LogP contribution >= 0.6 is 0 Å². The molecule has 0 radical (unpaired) electrons. The monoisotopic (exact) mass is 770 g/mol. The summed E-state index contributed by atoms with van der Waals surface area (Å²) < 4.78 is 0. The summed E-state index contributed by atoms with van der Waals surface area (Å²) in [6, 6.07) is 64.5. The van der Waals surface area contributed by atoms with Gasteiger partial charge < -0.3 is 0 Å². The molecule has 0 aliphatic carbocycles. The first-order valence-electron chi connectivity index (χ1n) is 19.6. The Morgan fingerprint density at radius 2 is 0.733 bits per heavy atom. The quantitative estimate of drug-likeness (QED) is 0.143. The molecule has 0 unspecified atom stereocenters. The van der Waals surface area contributed by atoms with Crippen molar-refractivity contribution in [2.45, 2.75) is 0 Å². The van der Waals surface area contributed by atoms with Crippen molar-refractivity contribution in [2.24, 2.45) is 0 Å². The number of aromatic nitrogens is 8. The van der Waals surface area contributed by atoms with Crippen LogP contribution in [0.4, 0.5) is 0 Å². The first kappa shape index (κ1) is 36.0. The van der Waals surface area contributed by atoms with Crippen LogP contribution in [0, 0.1) is 0 Å². The average molecular weight is 771 g/mol. The van der Waals surface area contributed by atoms with Gasteiger partial charge in [-0.3, -0.25) is 9.97 Å². The van der Waals surface area contributed by atoms with Crippen molar-refractivity contribution in [3.05, 3.63) is 207 Å². The molecule has 0 amide bonds. The predicted molar refractivity (Wildman–Crippen MR) is 238 cm³/mol. The Hall–Kier alpha value is -8.36. The van der Waals surface area contributed by atoms with Crippen LogP contribution in [-0.4, -0.2) is 39.9 Å². The molecule has 0 fully saturated rings. The summed E-state index contributed by atoms with van der Waals surface area (Å²) in [4.78, 5) is 40.1. The number of hydrogen-bond donors (Lipinski definition) is 0. The summed E-state index contributed by atoms with van der Waals surface area (Å²) >= 11 is 0. The van der Waals surface area contributed by atoms with E-state index >= 15 is 0 Å². The van der Waals surface area contributed by atoms with Crippen LogP contribution in [0.2, 0.25) is 0 Å². The lowest BCUT2D eigenvalue weighted by Crippen LogP contribution is -2.02. The lowest BCUT2D eigenvalue weighted by atomic mass is 10.0. The molecule has 10 rings (SSSR count). The fraction of sp³-hybridized carbons (Fsp3) is 0. The first-order valence-corrected chi connectivity index (χ1v) is 19.6. The van der Waals surface area contributed by atoms with Crippen molar-refractivity contribution in [1.82, 2.24) is 39.9 Å². The second-order valence-electron chi connectivity index (χ2n) is 14.1. The van der Waals surface area contributed by atoms with Crippen LogP contribution in [-0.2, 0) is 0 Å². The molecule has 0 atom stereocenters. The lowest BCUT2D eigenvalue weighted by Gasteiger charge is -2.13. The second-order valence-corrected chi connectivity index (χ2v) is 14.1. The van der Waals surface area contributed by atoms with Gasteiger partial charge in [0.2, 0.25) is 0 Å². The molecule has 8 heteroatoms. The van der Waals surface area contributed by atoms with E-state index in [1.54, 1.807) is 6.20 Å². The molecule has 282 valence electrons. The number of benzene rings is 5. The normalized spacial score (nSPS) is 11.0. The van der Waals surface area contributed by atoms with Crippen molar-refractivity contribution in [1.29, 1.82) is 0 Å². The van der Waals surface area contributed by atoms with Gasteiger partial charge in [-0.15, -0.1) is 0 Å². The van der Waals surface area contributed by atoms with Crippen LogP contribution in [0.25, 0.3) is 102 Å². The number of pyridine rings is 3. The zero-order chi connectivity index (χ0) is 40.1. The average Bonchev–Trinajstić information content (AvgIpc) is 3.35. The highest BCUT2D eigenvalue weighted by Gasteiger charge is 2.19. The molecule has 0 N–H and O–H groups in total. The zero-order valence-corrected chi connectivity index (χ0v) is 32.2. The predicted octanol–water partition coefficient (Wildman–Crippen LogP) is 11.8. The smallest absolute Gasteiger partial charge is 0.166 e. The summed E-state index contributed by atoms with van der Waals surface area (Å²) in [5.74, 6) is 2.22. The Bertz CT molecular complexity index is 2940. The molecule has 5 aromatic carbocycles. The highest BCUT2D eigenvalue weighted by Crippen LogP contribution is 2.35. The number of rotatable bonds is 9. The molecular weight excluding hydrogens is 737 g/mol. The van der Waals surface area contributed by atoms with Gasteiger partial charge in [0, 0.05) is 45.8 Å². The summed E-state index contributed by atoms with van der Waals surface area (Å²) in [5, 5.41) is 0. The van der Waals surface area contributed by atoms with E-state index in [1.165, 1.54) is 0 Å². The van der Waals surface area contributed by atoms with E-state index in [9.17, 15) is 0 Å². The molecule has 0 aliphatic rings. The van der Waals surface area contributed by atoms with E-state index in [1.807, 2.05) is 152 Å². The third kappa shape index (κ3) is 7.56. The molecule has 8 nitrogen and oxygen atoms in total. The van der Waals surface area contributed by atoms with Gasteiger partial charge in [0.1, 0.15) is 0 Å². The third-order valence-electron chi connectivity index (χ3n) is 10.1. The van der Waals surface area contributed by atoms with Gasteiger partial charge in [0.05, 0.1) is 34.2 Å². The van der Waals surface area contributed by atoms with Crippen LogP contribution < -0.4 is 0 Å². The largest absolute Gasteiger partial charge is 0.254 e. The van der Waals surface area contributed by atoms with Gasteiger partial charge in [-0.05, 0) is 53.6 Å². The summed E-state index contributed by atoms with van der Waals surface area (Å²) in [6.45, 7) is 0. The van der Waals surface area contributed by atoms with Crippen molar-refractivity contribution in [3.8, 4) is 102 Å². The van der Waals surface area contributed by atoms with Crippen LogP contribution in [0.3, 0.4) is 0 Å². The molecule has 5 aromatic heterocycles. The van der Waals surface area contributed by atoms with Gasteiger partial charge >= 0.3 is 0 Å². The Kier molecular flexibility index (Phi) is 9.75. The van der Waals surface area contributed by atoms with E-state index in [-0.39, 0.29) is 0 Å². The fourth-order valence-electron chi connectivity index (χ4n) is 7.07. The molecule has 60 heavy (non-hydrogen) atoms. The minimum Gasteiger partial charge on any atom is -0.254 e. The number of nitrogens with zero attached hydrogens (tertiary/aromatic N) is 8. The van der Waals surface area contributed by atoms with Crippen LogP contribution in [0.5, 0.6) is 0 Å². The molecule has 0 saturated heterocycles. The van der Waals surface area contributed by atoms with Gasteiger partial charge in [0.25, 0.3) is 0 Å². The lowest BCUT2D eigenvalue weighted by molar-refractivity contribution is 1.07. The van der Waals surface area contributed by atoms with Crippen molar-refractivity contribution in [3.63, 3.8) is 0 Å². The van der Waals surface area contributed by atoms with E-state index in [0.717, 1.165) is 55.9 Å². The maximum Gasteiger partial charge on any atom is 0.166 e. The molecular formula is C52H34N8. The summed E-state index contributed by atoms with van der Waals surface area (Å²) in [6.07, 6.45) is 3.59. The van der Waals surface area contributed by atoms with Gasteiger partial charge in [-0.2, -0.15) is 0 Å². The first-order chi connectivity index (χ1) is 29.7. The molecule has 0 aliphatic heterocycles. The molecule has 5 heterocycles. The van der Waals surface area contributed by atoms with Crippen molar-refractivity contribution < 1.29 is 0 Å². The zero-order valence-electron chi connectivity index (χ0n) is 32.2. The summed E-state index contributed by atoms with van der Waals surface area (Å²) in [5.41, 5.74) is 11.7. The van der Waals surface area contributed by atoms with Crippen molar-refractivity contribution in [2.75, 3.05) is 0 Å². The Labute approximate surface area is 347 Å². The Morgan fingerprint density at radius 3 is 1.27 bits per heavy atom. The Balaban J connectivity index is 1.09. The van der Waals surface area contributed by atoms with Gasteiger partial charge in [0.15, 0.2) is 23.3 Å². The van der Waals surface area contributed by atoms with Gasteiger partial charge in [-0.1, -0.05) is 152 Å². The second kappa shape index (κ2) is 16.2. The minimum absolute atomic E-state index is 0.495. The molecule has 10 aromatic rings. The number of hydrogen-bond acceptors (Lipinski definition) is 8. The van der Waals surface area contributed by atoms with Crippen LogP contribution in [0.15, 0.2) is 207 Å². The minimum atomic E-state index is 0.495. The third-order valence-corrected chi connectivity index (χ3v) is 10.1. The van der Waals surface area contributed by atoms with E-state index in [4.69, 9.17) is 39.9 Å². The van der Waals surface area contributed by atoms with Crippen molar-refractivity contribution >= 4 is 0 Å². The Morgan fingerprint density at radius 1 is 0.250 bits per heavy atom. The maximum atomic E-state index is 5.23. The molecule has 0 bridgehead atoms. The maximum absolute atomic E-state index is 5.23. The topological polar surface area (TPSA) is 103 Å². The standard InChI is InChI=1S/C52H34N8/c1-6-17-35(18-7-1)41-31-46(43-29-28-40(34-54-43)51-56-44(36-19-8-2-9-20-36)33-45(57-51)37-21-10-3-11-22-37)55-47(32-41)48-42(27-16-30-53-48)52-59-49(38-23-12-4-13-24-38)58-50(60-52)39-25-14-5-15-26-39/h1-34H. The van der Waals surface area contributed by atoms with E-state index in [0.29, 0.717) is 46.1 Å². The summed E-state index contributed by atoms with van der Waals surface area (Å²) in [7, 11) is 0.